The van der Waals surface area contributed by atoms with Crippen LogP contribution in [0.15, 0.2) is 22.7 Å². The topological polar surface area (TPSA) is 23.8 Å². The molecule has 2 unspecified atom stereocenters. The molecule has 2 rings (SSSR count). The van der Waals surface area contributed by atoms with Gasteiger partial charge in [0.15, 0.2) is 0 Å². The molecule has 1 aliphatic carbocycles. The first kappa shape index (κ1) is 14.5. The first-order chi connectivity index (χ1) is 9.10. The van der Waals surface area contributed by atoms with Crippen molar-refractivity contribution in [3.8, 4) is 6.07 Å². The molecule has 2 atom stereocenters. The molecule has 0 heterocycles. The Kier molecular flexibility index (Phi) is 4.62. The molecule has 1 nitrogen and oxygen atoms in total. The number of hydrogen-bond acceptors (Lipinski definition) is 1. The molecule has 0 aromatic heterocycles. The molecule has 0 aliphatic heterocycles. The predicted molar refractivity (Wildman–Crippen MR) is 78.1 cm³/mol. The van der Waals surface area contributed by atoms with Crippen LogP contribution in [0.4, 0.5) is 4.39 Å². The second-order valence-corrected chi connectivity index (χ2v) is 6.45. The van der Waals surface area contributed by atoms with Crippen LogP contribution in [0, 0.1) is 28.5 Å². The maximum absolute atomic E-state index is 13.6. The molecule has 0 spiro atoms. The van der Waals surface area contributed by atoms with Crippen LogP contribution in [0.5, 0.6) is 0 Å². The second kappa shape index (κ2) is 6.05. The molecule has 0 saturated heterocycles. The van der Waals surface area contributed by atoms with Gasteiger partial charge in [0.1, 0.15) is 5.82 Å². The first-order valence-corrected chi connectivity index (χ1v) is 7.73. The summed E-state index contributed by atoms with van der Waals surface area (Å²) in [6, 6.07) is 7.62. The third-order valence-corrected chi connectivity index (χ3v) is 5.21. The lowest BCUT2D eigenvalue weighted by atomic mass is 9.67. The Morgan fingerprint density at radius 1 is 1.53 bits per heavy atom. The summed E-state index contributed by atoms with van der Waals surface area (Å²) in [5.74, 6) is 0.397. The lowest BCUT2D eigenvalue weighted by molar-refractivity contribution is 0.194. The van der Waals surface area contributed by atoms with E-state index in [1.807, 2.05) is 6.07 Å². The van der Waals surface area contributed by atoms with Crippen molar-refractivity contribution in [2.24, 2.45) is 11.3 Å². The highest BCUT2D eigenvalue weighted by molar-refractivity contribution is 9.10. The standard InChI is InChI=1S/C16H19BrFN/c1-2-12-5-4-8-16(9-12,11-19)10-13-6-3-7-14(18)15(13)17/h3,6-7,12H,2,4-5,8-10H2,1H3. The SMILES string of the molecule is CCC1CCCC(C#N)(Cc2cccc(F)c2Br)C1. The fourth-order valence-corrected chi connectivity index (χ4v) is 3.59. The van der Waals surface area contributed by atoms with Crippen LogP contribution in [0.3, 0.4) is 0 Å². The molecular formula is C16H19BrFN. The van der Waals surface area contributed by atoms with Crippen LogP contribution in [0.1, 0.15) is 44.6 Å². The minimum Gasteiger partial charge on any atom is -0.206 e. The average molecular weight is 324 g/mol. The highest BCUT2D eigenvalue weighted by Gasteiger charge is 2.36. The zero-order valence-corrected chi connectivity index (χ0v) is 12.8. The average Bonchev–Trinajstić information content (AvgIpc) is 2.44. The van der Waals surface area contributed by atoms with Gasteiger partial charge >= 0.3 is 0 Å². The summed E-state index contributed by atoms with van der Waals surface area (Å²) in [5, 5.41) is 9.62. The molecule has 1 aromatic rings. The van der Waals surface area contributed by atoms with E-state index in [-0.39, 0.29) is 11.2 Å². The summed E-state index contributed by atoms with van der Waals surface area (Å²) in [4.78, 5) is 0. The number of rotatable bonds is 3. The number of nitrogens with zero attached hydrogens (tertiary/aromatic N) is 1. The van der Waals surface area contributed by atoms with Gasteiger partial charge in [-0.2, -0.15) is 5.26 Å². The van der Waals surface area contributed by atoms with Crippen molar-refractivity contribution in [2.45, 2.75) is 45.4 Å². The zero-order chi connectivity index (χ0) is 13.9. The fraction of sp³-hybridized carbons (Fsp3) is 0.562. The van der Waals surface area contributed by atoms with E-state index in [1.165, 1.54) is 12.5 Å². The summed E-state index contributed by atoms with van der Waals surface area (Å²) in [5.41, 5.74) is 0.605. The lowest BCUT2D eigenvalue weighted by Gasteiger charge is -2.35. The highest BCUT2D eigenvalue weighted by atomic mass is 79.9. The Morgan fingerprint density at radius 2 is 2.32 bits per heavy atom. The summed E-state index contributed by atoms with van der Waals surface area (Å²) in [6.07, 6.45) is 6.00. The van der Waals surface area contributed by atoms with Crippen molar-refractivity contribution in [3.63, 3.8) is 0 Å². The van der Waals surface area contributed by atoms with Crippen molar-refractivity contribution < 1.29 is 4.39 Å². The Bertz CT molecular complexity index is 494. The number of hydrogen-bond donors (Lipinski definition) is 0. The summed E-state index contributed by atoms with van der Waals surface area (Å²) < 4.78 is 14.1. The third-order valence-electron chi connectivity index (χ3n) is 4.32. The number of halogens is 2. The van der Waals surface area contributed by atoms with Gasteiger partial charge < -0.3 is 0 Å². The van der Waals surface area contributed by atoms with Crippen molar-refractivity contribution in [3.05, 3.63) is 34.1 Å². The summed E-state index contributed by atoms with van der Waals surface area (Å²) in [7, 11) is 0. The van der Waals surface area contributed by atoms with Crippen molar-refractivity contribution in [1.29, 1.82) is 5.26 Å². The predicted octanol–water partition coefficient (Wildman–Crippen LogP) is 5.24. The van der Waals surface area contributed by atoms with Crippen LogP contribution < -0.4 is 0 Å². The highest BCUT2D eigenvalue weighted by Crippen LogP contribution is 2.43. The monoisotopic (exact) mass is 323 g/mol. The van der Waals surface area contributed by atoms with Crippen LogP contribution in [0.2, 0.25) is 0 Å². The molecule has 1 fully saturated rings. The minimum absolute atomic E-state index is 0.242. The maximum Gasteiger partial charge on any atom is 0.137 e. The van der Waals surface area contributed by atoms with Crippen molar-refractivity contribution >= 4 is 15.9 Å². The lowest BCUT2D eigenvalue weighted by Crippen LogP contribution is -2.29. The molecule has 1 aliphatic rings. The Balaban J connectivity index is 2.23. The van der Waals surface area contributed by atoms with Crippen molar-refractivity contribution in [2.75, 3.05) is 0 Å². The normalized spacial score (nSPS) is 26.9. The van der Waals surface area contributed by atoms with Crippen LogP contribution >= 0.6 is 15.9 Å². The smallest absolute Gasteiger partial charge is 0.137 e. The molecule has 1 aromatic carbocycles. The van der Waals surface area contributed by atoms with Gasteiger partial charge in [-0.3, -0.25) is 0 Å². The summed E-state index contributed by atoms with van der Waals surface area (Å²) >= 11 is 3.31. The van der Waals surface area contributed by atoms with E-state index in [2.05, 4.69) is 28.9 Å². The van der Waals surface area contributed by atoms with Gasteiger partial charge in [0.05, 0.1) is 16.0 Å². The van der Waals surface area contributed by atoms with E-state index >= 15 is 0 Å². The number of nitriles is 1. The third kappa shape index (κ3) is 3.17. The first-order valence-electron chi connectivity index (χ1n) is 6.94. The molecule has 3 heteroatoms. The summed E-state index contributed by atoms with van der Waals surface area (Å²) in [6.45, 7) is 2.19. The van der Waals surface area contributed by atoms with Crippen LogP contribution in [-0.4, -0.2) is 0 Å². The second-order valence-electron chi connectivity index (χ2n) is 5.65. The molecule has 19 heavy (non-hydrogen) atoms. The Hall–Kier alpha value is -0.880. The van der Waals surface area contributed by atoms with E-state index in [9.17, 15) is 9.65 Å². The maximum atomic E-state index is 13.6. The Morgan fingerprint density at radius 3 is 3.00 bits per heavy atom. The molecule has 102 valence electrons. The van der Waals surface area contributed by atoms with E-state index in [0.29, 0.717) is 16.8 Å². The quantitative estimate of drug-likeness (QED) is 0.746. The zero-order valence-electron chi connectivity index (χ0n) is 11.3. The largest absolute Gasteiger partial charge is 0.206 e. The van der Waals surface area contributed by atoms with E-state index in [0.717, 1.165) is 31.2 Å². The van der Waals surface area contributed by atoms with Crippen molar-refractivity contribution in [1.82, 2.24) is 0 Å². The Labute approximate surface area is 123 Å². The van der Waals surface area contributed by atoms with Gasteiger partial charge in [0.2, 0.25) is 0 Å². The van der Waals surface area contributed by atoms with E-state index in [4.69, 9.17) is 0 Å². The van der Waals surface area contributed by atoms with Gasteiger partial charge in [0.25, 0.3) is 0 Å². The fourth-order valence-electron chi connectivity index (χ4n) is 3.19. The number of benzene rings is 1. The van der Waals surface area contributed by atoms with E-state index in [1.54, 1.807) is 6.07 Å². The van der Waals surface area contributed by atoms with Crippen LogP contribution in [-0.2, 0) is 6.42 Å². The molecular weight excluding hydrogens is 305 g/mol. The molecule has 1 saturated carbocycles. The van der Waals surface area contributed by atoms with Gasteiger partial charge in [-0.1, -0.05) is 38.3 Å². The van der Waals surface area contributed by atoms with Gasteiger partial charge in [-0.05, 0) is 52.7 Å². The van der Waals surface area contributed by atoms with E-state index < -0.39 is 0 Å². The molecule has 0 radical (unpaired) electrons. The molecule has 0 N–H and O–H groups in total. The van der Waals surface area contributed by atoms with Gasteiger partial charge in [-0.15, -0.1) is 0 Å². The van der Waals surface area contributed by atoms with Crippen LogP contribution in [0.25, 0.3) is 0 Å². The molecule has 0 bridgehead atoms. The molecule has 0 amide bonds. The van der Waals surface area contributed by atoms with Gasteiger partial charge in [-0.25, -0.2) is 4.39 Å². The minimum atomic E-state index is -0.310. The van der Waals surface area contributed by atoms with Gasteiger partial charge in [0, 0.05) is 0 Å².